The van der Waals surface area contributed by atoms with Gasteiger partial charge in [0.05, 0.1) is 12.3 Å². The lowest BCUT2D eigenvalue weighted by Gasteiger charge is -2.38. The second-order valence-electron chi connectivity index (χ2n) is 7.52. The van der Waals surface area contributed by atoms with E-state index in [1.54, 1.807) is 0 Å². The molecule has 1 fully saturated rings. The first kappa shape index (κ1) is 18.3. The van der Waals surface area contributed by atoms with Gasteiger partial charge < -0.3 is 10.0 Å². The monoisotopic (exact) mass is 367 g/mol. The molecule has 4 rings (SSSR count). The zero-order valence-electron chi connectivity index (χ0n) is 16.1. The molecule has 2 aliphatic heterocycles. The highest BCUT2D eigenvalue weighted by molar-refractivity contribution is 5.50. The van der Waals surface area contributed by atoms with Crippen molar-refractivity contribution in [3.05, 3.63) is 53.0 Å². The van der Waals surface area contributed by atoms with Crippen LogP contribution in [0.5, 0.6) is 0 Å². The fourth-order valence-corrected chi connectivity index (χ4v) is 4.14. The third-order valence-corrected chi connectivity index (χ3v) is 5.57. The van der Waals surface area contributed by atoms with Crippen molar-refractivity contribution in [2.45, 2.75) is 26.4 Å². The van der Waals surface area contributed by atoms with Gasteiger partial charge in [0.25, 0.3) is 0 Å². The molecule has 1 aromatic carbocycles. The van der Waals surface area contributed by atoms with Gasteiger partial charge in [0, 0.05) is 64.3 Å². The number of aryl methyl sites for hydroxylation is 1. The van der Waals surface area contributed by atoms with Crippen molar-refractivity contribution in [3.8, 4) is 0 Å². The summed E-state index contributed by atoms with van der Waals surface area (Å²) in [6, 6.07) is 10.7. The number of fused-ring (bicyclic) bond motifs is 1. The summed E-state index contributed by atoms with van der Waals surface area (Å²) in [5.74, 6) is 2.00. The first-order valence-electron chi connectivity index (χ1n) is 9.94. The quantitative estimate of drug-likeness (QED) is 0.864. The van der Waals surface area contributed by atoms with E-state index in [9.17, 15) is 0 Å². The van der Waals surface area contributed by atoms with E-state index in [0.717, 1.165) is 70.4 Å². The molecule has 0 radical (unpaired) electrons. The number of nitrogens with zero attached hydrogens (tertiary/aromatic N) is 5. The molecule has 2 aromatic rings. The highest BCUT2D eigenvalue weighted by atomic mass is 16.3. The summed E-state index contributed by atoms with van der Waals surface area (Å²) in [6.45, 7) is 9.80. The third kappa shape index (κ3) is 4.29. The van der Waals surface area contributed by atoms with Crippen LogP contribution in [0.1, 0.15) is 22.6 Å². The van der Waals surface area contributed by atoms with Gasteiger partial charge in [-0.25, -0.2) is 9.97 Å². The average Bonchev–Trinajstić information content (AvgIpc) is 2.69. The number of aliphatic hydroxyl groups is 1. The van der Waals surface area contributed by atoms with Crippen molar-refractivity contribution in [2.75, 3.05) is 50.8 Å². The number of benzene rings is 1. The van der Waals surface area contributed by atoms with Gasteiger partial charge in [0.1, 0.15) is 11.6 Å². The Hall–Kier alpha value is -2.02. The van der Waals surface area contributed by atoms with E-state index in [4.69, 9.17) is 15.1 Å². The van der Waals surface area contributed by atoms with Gasteiger partial charge in [-0.15, -0.1) is 0 Å². The maximum Gasteiger partial charge on any atom is 0.137 e. The number of hydrogen-bond donors (Lipinski definition) is 1. The van der Waals surface area contributed by atoms with Crippen LogP contribution in [0.15, 0.2) is 30.3 Å². The number of β-amino-alcohol motifs (C(OH)–C–C–N with tert-alkyl or cyclic N) is 1. The molecular weight excluding hydrogens is 338 g/mol. The van der Waals surface area contributed by atoms with E-state index in [-0.39, 0.29) is 6.61 Å². The van der Waals surface area contributed by atoms with E-state index in [0.29, 0.717) is 0 Å². The van der Waals surface area contributed by atoms with Gasteiger partial charge in [-0.1, -0.05) is 30.3 Å². The lowest BCUT2D eigenvalue weighted by atomic mass is 10.0. The zero-order valence-corrected chi connectivity index (χ0v) is 16.1. The van der Waals surface area contributed by atoms with Gasteiger partial charge in [-0.2, -0.15) is 0 Å². The van der Waals surface area contributed by atoms with Gasteiger partial charge in [-0.05, 0) is 12.5 Å². The molecule has 6 heteroatoms. The van der Waals surface area contributed by atoms with Crippen LogP contribution in [0.25, 0.3) is 0 Å². The summed E-state index contributed by atoms with van der Waals surface area (Å²) in [5.41, 5.74) is 3.88. The molecule has 0 aliphatic carbocycles. The van der Waals surface area contributed by atoms with Crippen LogP contribution in [-0.2, 0) is 19.5 Å². The third-order valence-electron chi connectivity index (χ3n) is 5.57. The van der Waals surface area contributed by atoms with Crippen molar-refractivity contribution < 1.29 is 5.11 Å². The standard InChI is InChI=1S/C21H29N5O/c1-17-22-20-7-8-25(15-18-5-3-2-4-6-18)16-19(20)21(23-17)26-11-9-24(10-12-26)13-14-27/h2-6,27H,7-16H2,1H3. The Labute approximate surface area is 161 Å². The Bertz CT molecular complexity index is 759. The molecule has 0 atom stereocenters. The molecule has 3 heterocycles. The molecule has 0 spiro atoms. The van der Waals surface area contributed by atoms with Crippen LogP contribution >= 0.6 is 0 Å². The highest BCUT2D eigenvalue weighted by Gasteiger charge is 2.26. The van der Waals surface area contributed by atoms with Crippen molar-refractivity contribution in [1.29, 1.82) is 0 Å². The smallest absolute Gasteiger partial charge is 0.137 e. The molecule has 2 aliphatic rings. The summed E-state index contributed by atoms with van der Waals surface area (Å²) >= 11 is 0. The highest BCUT2D eigenvalue weighted by Crippen LogP contribution is 2.28. The number of rotatable bonds is 5. The minimum absolute atomic E-state index is 0.233. The Morgan fingerprint density at radius 3 is 2.48 bits per heavy atom. The predicted molar refractivity (Wildman–Crippen MR) is 107 cm³/mol. The summed E-state index contributed by atoms with van der Waals surface area (Å²) in [7, 11) is 0. The average molecular weight is 367 g/mol. The van der Waals surface area contributed by atoms with Gasteiger partial charge in [0.2, 0.25) is 0 Å². The SMILES string of the molecule is Cc1nc2c(c(N3CCN(CCO)CC3)n1)CN(Cc1ccccc1)CC2. The van der Waals surface area contributed by atoms with E-state index in [1.807, 2.05) is 6.92 Å². The Morgan fingerprint density at radius 2 is 1.74 bits per heavy atom. The van der Waals surface area contributed by atoms with Crippen LogP contribution in [0.2, 0.25) is 0 Å². The van der Waals surface area contributed by atoms with Crippen LogP contribution < -0.4 is 4.90 Å². The molecule has 0 unspecified atom stereocenters. The van der Waals surface area contributed by atoms with Crippen molar-refractivity contribution >= 4 is 5.82 Å². The van der Waals surface area contributed by atoms with Crippen LogP contribution in [0.3, 0.4) is 0 Å². The van der Waals surface area contributed by atoms with Crippen molar-refractivity contribution in [3.63, 3.8) is 0 Å². The second kappa shape index (κ2) is 8.33. The van der Waals surface area contributed by atoms with Crippen LogP contribution in [0, 0.1) is 6.92 Å². The topological polar surface area (TPSA) is 55.7 Å². The number of aromatic nitrogens is 2. The van der Waals surface area contributed by atoms with Crippen molar-refractivity contribution in [2.24, 2.45) is 0 Å². The first-order valence-corrected chi connectivity index (χ1v) is 9.94. The fraction of sp³-hybridized carbons (Fsp3) is 0.524. The minimum atomic E-state index is 0.233. The molecule has 6 nitrogen and oxygen atoms in total. The maximum absolute atomic E-state index is 9.16. The lowest BCUT2D eigenvalue weighted by Crippen LogP contribution is -2.48. The largest absolute Gasteiger partial charge is 0.395 e. The van der Waals surface area contributed by atoms with Gasteiger partial charge >= 0.3 is 0 Å². The number of hydrogen-bond acceptors (Lipinski definition) is 6. The first-order chi connectivity index (χ1) is 13.2. The number of aliphatic hydroxyl groups excluding tert-OH is 1. The predicted octanol–water partition coefficient (Wildman–Crippen LogP) is 1.46. The van der Waals surface area contributed by atoms with Crippen LogP contribution in [-0.4, -0.2) is 70.7 Å². The number of anilines is 1. The van der Waals surface area contributed by atoms with Gasteiger partial charge in [-0.3, -0.25) is 9.80 Å². The summed E-state index contributed by atoms with van der Waals surface area (Å²) in [5, 5.41) is 9.16. The normalized spacial score (nSPS) is 18.5. The van der Waals surface area contributed by atoms with E-state index >= 15 is 0 Å². The minimum Gasteiger partial charge on any atom is -0.395 e. The van der Waals surface area contributed by atoms with Crippen LogP contribution in [0.4, 0.5) is 5.82 Å². The lowest BCUT2D eigenvalue weighted by molar-refractivity contribution is 0.188. The molecule has 0 amide bonds. The zero-order chi connectivity index (χ0) is 18.6. The molecule has 144 valence electrons. The van der Waals surface area contributed by atoms with Gasteiger partial charge in [0.15, 0.2) is 0 Å². The molecular formula is C21H29N5O. The van der Waals surface area contributed by atoms with E-state index in [1.165, 1.54) is 16.8 Å². The summed E-state index contributed by atoms with van der Waals surface area (Å²) in [4.78, 5) is 16.8. The molecule has 27 heavy (non-hydrogen) atoms. The molecule has 1 N–H and O–H groups in total. The van der Waals surface area contributed by atoms with E-state index < -0.39 is 0 Å². The molecule has 1 aromatic heterocycles. The fourth-order valence-electron chi connectivity index (χ4n) is 4.14. The van der Waals surface area contributed by atoms with Crippen molar-refractivity contribution in [1.82, 2.24) is 19.8 Å². The summed E-state index contributed by atoms with van der Waals surface area (Å²) in [6.07, 6.45) is 0.989. The second-order valence-corrected chi connectivity index (χ2v) is 7.52. The Kier molecular flexibility index (Phi) is 5.66. The maximum atomic E-state index is 9.16. The Balaban J connectivity index is 1.52. The molecule has 0 saturated carbocycles. The van der Waals surface area contributed by atoms with E-state index in [2.05, 4.69) is 45.0 Å². The molecule has 0 bridgehead atoms. The molecule has 1 saturated heterocycles. The summed E-state index contributed by atoms with van der Waals surface area (Å²) < 4.78 is 0. The number of piperazine rings is 1. The Morgan fingerprint density at radius 1 is 0.963 bits per heavy atom.